The van der Waals surface area contributed by atoms with Gasteiger partial charge in [-0.15, -0.1) is 0 Å². The molecule has 0 bridgehead atoms. The Hall–Kier alpha value is -2.95. The number of benzene rings is 2. The summed E-state index contributed by atoms with van der Waals surface area (Å²) in [5.41, 5.74) is 3.66. The Morgan fingerprint density at radius 1 is 1.11 bits per heavy atom. The van der Waals surface area contributed by atoms with E-state index in [0.717, 1.165) is 34.9 Å². The lowest BCUT2D eigenvalue weighted by atomic mass is 9.94. The monoisotopic (exact) mass is 529 g/mol. The first-order valence-corrected chi connectivity index (χ1v) is 14.4. The molecule has 0 saturated heterocycles. The third-order valence-electron chi connectivity index (χ3n) is 5.69. The normalized spacial score (nSPS) is 14.2. The Kier molecular flexibility index (Phi) is 7.14. The second kappa shape index (κ2) is 9.84. The van der Waals surface area contributed by atoms with Crippen LogP contribution in [-0.4, -0.2) is 33.8 Å². The van der Waals surface area contributed by atoms with E-state index in [2.05, 4.69) is 14.9 Å². The lowest BCUT2D eigenvalue weighted by Crippen LogP contribution is -2.37. The fourth-order valence-corrected chi connectivity index (χ4v) is 5.20. The summed E-state index contributed by atoms with van der Waals surface area (Å²) in [5, 5.41) is 4.89. The van der Waals surface area contributed by atoms with Gasteiger partial charge in [0.25, 0.3) is 0 Å². The summed E-state index contributed by atoms with van der Waals surface area (Å²) in [6, 6.07) is 14.8. The highest BCUT2D eigenvalue weighted by molar-refractivity contribution is 7.90. The molecule has 7 nitrogen and oxygen atoms in total. The van der Waals surface area contributed by atoms with Gasteiger partial charge < -0.3 is 4.52 Å². The molecule has 0 radical (unpaired) electrons. The molecule has 1 N–H and O–H groups in total. The van der Waals surface area contributed by atoms with E-state index in [9.17, 15) is 17.0 Å². The van der Waals surface area contributed by atoms with Crippen LogP contribution in [0.3, 0.4) is 0 Å². The van der Waals surface area contributed by atoms with E-state index in [1.165, 1.54) is 0 Å². The summed E-state index contributed by atoms with van der Waals surface area (Å²) in [6.45, 7) is 7.45. The Bertz CT molecular complexity index is 1560. The summed E-state index contributed by atoms with van der Waals surface area (Å²) in [4.78, 5) is 4.09. The van der Waals surface area contributed by atoms with Crippen LogP contribution in [0.25, 0.3) is 22.2 Å². The first-order chi connectivity index (χ1) is 16.8. The van der Waals surface area contributed by atoms with Gasteiger partial charge in [-0.25, -0.2) is 26.7 Å². The van der Waals surface area contributed by atoms with Gasteiger partial charge in [0, 0.05) is 23.6 Å². The molecule has 190 valence electrons. The maximum atomic E-state index is 14.8. The standard InChI is InChI=1S/C26H28FN3O4S2/c1-16-10-11-19-23(14-16)34-29-25(19)18-9-7-6-8-17(18)21(30-35(31)26(2,3)4)15-22-20(27)12-13-24(28-22)36(5,32)33/h6-14,21,30H,15H2,1-5H3. The smallest absolute Gasteiger partial charge is 0.192 e. The molecule has 2 aromatic carbocycles. The molecule has 2 unspecified atom stereocenters. The van der Waals surface area contributed by atoms with Crippen molar-refractivity contribution >= 4 is 31.8 Å². The Morgan fingerprint density at radius 2 is 1.83 bits per heavy atom. The molecule has 0 amide bonds. The van der Waals surface area contributed by atoms with Crippen molar-refractivity contribution in [3.63, 3.8) is 0 Å². The Labute approximate surface area is 212 Å². The van der Waals surface area contributed by atoms with Crippen LogP contribution < -0.4 is 4.72 Å². The number of aryl methyl sites for hydroxylation is 1. The number of nitrogens with one attached hydrogen (secondary N) is 1. The fourth-order valence-electron chi connectivity index (χ4n) is 3.78. The molecule has 2 atom stereocenters. The third-order valence-corrected chi connectivity index (χ3v) is 8.29. The van der Waals surface area contributed by atoms with Crippen molar-refractivity contribution < 1.29 is 21.5 Å². The number of hydrogen-bond acceptors (Lipinski definition) is 6. The fraction of sp³-hybridized carbons (Fsp3) is 0.308. The van der Waals surface area contributed by atoms with E-state index < -0.39 is 37.4 Å². The first kappa shape index (κ1) is 26.1. The van der Waals surface area contributed by atoms with Crippen LogP contribution in [0.15, 0.2) is 64.1 Å². The van der Waals surface area contributed by atoms with Crippen LogP contribution in [0.2, 0.25) is 0 Å². The zero-order valence-corrected chi connectivity index (χ0v) is 22.3. The minimum atomic E-state index is -3.64. The number of sulfone groups is 1. The zero-order chi connectivity index (χ0) is 26.3. The van der Waals surface area contributed by atoms with Crippen molar-refractivity contribution in [2.75, 3.05) is 6.26 Å². The van der Waals surface area contributed by atoms with Gasteiger partial charge in [-0.05, 0) is 63.1 Å². The van der Waals surface area contributed by atoms with E-state index in [0.29, 0.717) is 16.8 Å². The topological polar surface area (TPSA) is 102 Å². The van der Waals surface area contributed by atoms with Gasteiger partial charge in [-0.3, -0.25) is 0 Å². The summed E-state index contributed by atoms with van der Waals surface area (Å²) in [7, 11) is -5.16. The van der Waals surface area contributed by atoms with Crippen LogP contribution in [-0.2, 0) is 27.2 Å². The largest absolute Gasteiger partial charge is 0.356 e. The minimum Gasteiger partial charge on any atom is -0.356 e. The number of hydrogen-bond donors (Lipinski definition) is 1. The molecule has 10 heteroatoms. The molecule has 0 aliphatic heterocycles. The maximum Gasteiger partial charge on any atom is 0.192 e. The molecule has 0 aliphatic rings. The zero-order valence-electron chi connectivity index (χ0n) is 20.7. The van der Waals surface area contributed by atoms with Crippen molar-refractivity contribution in [2.24, 2.45) is 0 Å². The quantitative estimate of drug-likeness (QED) is 0.358. The number of aromatic nitrogens is 2. The maximum absolute atomic E-state index is 14.8. The van der Waals surface area contributed by atoms with Crippen LogP contribution in [0.1, 0.15) is 43.6 Å². The summed E-state index contributed by atoms with van der Waals surface area (Å²) in [6.07, 6.45) is 0.983. The highest BCUT2D eigenvalue weighted by Crippen LogP contribution is 2.35. The van der Waals surface area contributed by atoms with E-state index in [4.69, 9.17) is 4.52 Å². The number of nitrogens with zero attached hydrogens (tertiary/aromatic N) is 2. The van der Waals surface area contributed by atoms with Gasteiger partial charge in [0.2, 0.25) is 0 Å². The number of fused-ring (bicyclic) bond motifs is 1. The molecular weight excluding hydrogens is 501 g/mol. The first-order valence-electron chi connectivity index (χ1n) is 11.3. The summed E-state index contributed by atoms with van der Waals surface area (Å²) >= 11 is 0. The highest BCUT2D eigenvalue weighted by atomic mass is 32.2. The molecule has 2 heterocycles. The van der Waals surface area contributed by atoms with Crippen LogP contribution >= 0.6 is 0 Å². The van der Waals surface area contributed by atoms with Crippen molar-refractivity contribution in [3.8, 4) is 11.3 Å². The van der Waals surface area contributed by atoms with Crippen LogP contribution in [0.5, 0.6) is 0 Å². The number of halogens is 1. The Balaban J connectivity index is 1.85. The molecule has 0 fully saturated rings. The van der Waals surface area contributed by atoms with E-state index in [-0.39, 0.29) is 17.1 Å². The molecule has 2 aromatic heterocycles. The molecule has 0 aliphatic carbocycles. The van der Waals surface area contributed by atoms with Gasteiger partial charge in [0.15, 0.2) is 20.4 Å². The number of rotatable bonds is 7. The van der Waals surface area contributed by atoms with E-state index in [1.807, 2.05) is 70.2 Å². The molecule has 0 saturated carbocycles. The van der Waals surface area contributed by atoms with Crippen LogP contribution in [0.4, 0.5) is 4.39 Å². The van der Waals surface area contributed by atoms with Crippen molar-refractivity contribution in [1.29, 1.82) is 0 Å². The Morgan fingerprint density at radius 3 is 2.53 bits per heavy atom. The minimum absolute atomic E-state index is 0.0388. The van der Waals surface area contributed by atoms with E-state index >= 15 is 0 Å². The van der Waals surface area contributed by atoms with Gasteiger partial charge in [-0.1, -0.05) is 35.5 Å². The molecular formula is C26H28FN3O4S2. The lowest BCUT2D eigenvalue weighted by molar-refractivity contribution is 0.459. The number of pyridine rings is 1. The van der Waals surface area contributed by atoms with Gasteiger partial charge >= 0.3 is 0 Å². The SMILES string of the molecule is Cc1ccc2c(-c3ccccc3C(Cc3nc(S(C)(=O)=O)ccc3F)NS(=O)C(C)(C)C)noc2c1. The molecule has 0 spiro atoms. The second-order valence-corrected chi connectivity index (χ2v) is 13.7. The predicted molar refractivity (Wildman–Crippen MR) is 139 cm³/mol. The summed E-state index contributed by atoms with van der Waals surface area (Å²) in [5.74, 6) is -0.643. The van der Waals surface area contributed by atoms with Crippen molar-refractivity contribution in [2.45, 2.75) is 49.9 Å². The van der Waals surface area contributed by atoms with Gasteiger partial charge in [0.05, 0.1) is 27.5 Å². The predicted octanol–water partition coefficient (Wildman–Crippen LogP) is 5.08. The van der Waals surface area contributed by atoms with Crippen molar-refractivity contribution in [1.82, 2.24) is 14.9 Å². The highest BCUT2D eigenvalue weighted by Gasteiger charge is 2.28. The average molecular weight is 530 g/mol. The second-order valence-electron chi connectivity index (χ2n) is 9.72. The average Bonchev–Trinajstić information content (AvgIpc) is 3.21. The van der Waals surface area contributed by atoms with Gasteiger partial charge in [-0.2, -0.15) is 0 Å². The van der Waals surface area contributed by atoms with Crippen LogP contribution in [0, 0.1) is 12.7 Å². The molecule has 36 heavy (non-hydrogen) atoms. The molecule has 4 aromatic rings. The van der Waals surface area contributed by atoms with Gasteiger partial charge in [0.1, 0.15) is 11.5 Å². The lowest BCUT2D eigenvalue weighted by Gasteiger charge is -2.26. The third kappa shape index (κ3) is 5.55. The van der Waals surface area contributed by atoms with E-state index in [1.54, 1.807) is 0 Å². The summed E-state index contributed by atoms with van der Waals surface area (Å²) < 4.78 is 60.2. The van der Waals surface area contributed by atoms with Crippen molar-refractivity contribution in [3.05, 3.63) is 77.2 Å². The molecule has 4 rings (SSSR count).